The van der Waals surface area contributed by atoms with E-state index in [0.29, 0.717) is 17.5 Å². The molecule has 0 aliphatic heterocycles. The van der Waals surface area contributed by atoms with Crippen molar-refractivity contribution in [3.63, 3.8) is 0 Å². The predicted octanol–water partition coefficient (Wildman–Crippen LogP) is 2.88. The Morgan fingerprint density at radius 2 is 2.26 bits per heavy atom. The van der Waals surface area contributed by atoms with Gasteiger partial charge in [-0.1, -0.05) is 31.0 Å². The number of nitrogens with zero attached hydrogens (tertiary/aromatic N) is 3. The number of aromatic nitrogens is 3. The van der Waals surface area contributed by atoms with Gasteiger partial charge >= 0.3 is 5.97 Å². The Morgan fingerprint density at radius 3 is 3.00 bits per heavy atom. The van der Waals surface area contributed by atoms with E-state index < -0.39 is 5.97 Å². The Labute approximate surface area is 111 Å². The van der Waals surface area contributed by atoms with Crippen LogP contribution in [0, 0.1) is 5.92 Å². The maximum atomic E-state index is 11.2. The van der Waals surface area contributed by atoms with E-state index in [1.54, 1.807) is 12.1 Å². The van der Waals surface area contributed by atoms with Crippen LogP contribution in [0.5, 0.6) is 0 Å². The maximum absolute atomic E-state index is 11.2. The van der Waals surface area contributed by atoms with E-state index in [1.807, 2.05) is 10.7 Å². The van der Waals surface area contributed by atoms with Crippen molar-refractivity contribution < 1.29 is 9.90 Å². The molecule has 0 radical (unpaired) electrons. The van der Waals surface area contributed by atoms with Crippen LogP contribution in [0.2, 0.25) is 0 Å². The maximum Gasteiger partial charge on any atom is 0.338 e. The van der Waals surface area contributed by atoms with Gasteiger partial charge in [0.25, 0.3) is 0 Å². The minimum Gasteiger partial charge on any atom is -0.478 e. The topological polar surface area (TPSA) is 68.0 Å². The molecule has 1 saturated carbocycles. The summed E-state index contributed by atoms with van der Waals surface area (Å²) in [5.74, 6) is -0.254. The highest BCUT2D eigenvalue weighted by Crippen LogP contribution is 2.33. The normalized spacial score (nSPS) is 23.6. The van der Waals surface area contributed by atoms with Gasteiger partial charge < -0.3 is 5.11 Å². The second kappa shape index (κ2) is 4.64. The Balaban J connectivity index is 2.05. The molecule has 1 aromatic carbocycles. The molecule has 1 aliphatic rings. The molecule has 3 rings (SSSR count). The fourth-order valence-electron chi connectivity index (χ4n) is 3.03. The molecule has 0 amide bonds. The van der Waals surface area contributed by atoms with Crippen molar-refractivity contribution in [3.8, 4) is 0 Å². The largest absolute Gasteiger partial charge is 0.478 e. The third kappa shape index (κ3) is 2.09. The van der Waals surface area contributed by atoms with E-state index in [9.17, 15) is 4.79 Å². The summed E-state index contributed by atoms with van der Waals surface area (Å²) in [4.78, 5) is 11.2. The Bertz CT molecular complexity index is 620. The van der Waals surface area contributed by atoms with Gasteiger partial charge in [-0.05, 0) is 30.9 Å². The van der Waals surface area contributed by atoms with Crippen molar-refractivity contribution in [2.75, 3.05) is 0 Å². The summed E-state index contributed by atoms with van der Waals surface area (Å²) in [7, 11) is 0. The minimum atomic E-state index is -0.949. The summed E-state index contributed by atoms with van der Waals surface area (Å²) in [5, 5.41) is 17.4. The molecule has 1 N–H and O–H groups in total. The van der Waals surface area contributed by atoms with E-state index in [-0.39, 0.29) is 5.56 Å². The lowest BCUT2D eigenvalue weighted by molar-refractivity contribution is 0.0699. The third-order valence-corrected chi connectivity index (χ3v) is 3.99. The van der Waals surface area contributed by atoms with Crippen molar-refractivity contribution in [2.24, 2.45) is 5.92 Å². The zero-order valence-corrected chi connectivity index (χ0v) is 10.9. The van der Waals surface area contributed by atoms with E-state index in [4.69, 9.17) is 5.11 Å². The number of fused-ring (bicyclic) bond motifs is 1. The van der Waals surface area contributed by atoms with Gasteiger partial charge in [0.15, 0.2) is 0 Å². The minimum absolute atomic E-state index is 0.229. The number of carboxylic acids is 1. The molecule has 5 nitrogen and oxygen atoms in total. The Kier molecular flexibility index (Phi) is 2.97. The summed E-state index contributed by atoms with van der Waals surface area (Å²) < 4.78 is 1.91. The first-order valence-electron chi connectivity index (χ1n) is 6.74. The van der Waals surface area contributed by atoms with Crippen molar-refractivity contribution in [2.45, 2.75) is 38.6 Å². The summed E-state index contributed by atoms with van der Waals surface area (Å²) >= 11 is 0. The fraction of sp³-hybridized carbons (Fsp3) is 0.500. The number of hydrogen-bond acceptors (Lipinski definition) is 3. The van der Waals surface area contributed by atoms with Crippen molar-refractivity contribution in [3.05, 3.63) is 23.8 Å². The molecule has 5 heteroatoms. The number of aromatic carboxylic acids is 1. The zero-order chi connectivity index (χ0) is 13.4. The number of carboxylic acid groups (broad SMARTS) is 1. The molecule has 1 heterocycles. The SMILES string of the molecule is CC1CCCC(n2nnc3c(C(=O)O)cccc32)C1. The van der Waals surface area contributed by atoms with Gasteiger partial charge in [0.05, 0.1) is 17.1 Å². The van der Waals surface area contributed by atoms with E-state index in [1.165, 1.54) is 12.8 Å². The molecule has 0 saturated heterocycles. The first-order chi connectivity index (χ1) is 9.16. The van der Waals surface area contributed by atoms with Crippen LogP contribution in [0.4, 0.5) is 0 Å². The Morgan fingerprint density at radius 1 is 1.42 bits per heavy atom. The van der Waals surface area contributed by atoms with Gasteiger partial charge in [0, 0.05) is 0 Å². The molecule has 100 valence electrons. The average molecular weight is 259 g/mol. The molecule has 2 aromatic rings. The van der Waals surface area contributed by atoms with Crippen LogP contribution >= 0.6 is 0 Å². The van der Waals surface area contributed by atoms with Crippen LogP contribution in [-0.4, -0.2) is 26.1 Å². The summed E-state index contributed by atoms with van der Waals surface area (Å²) in [6.45, 7) is 2.26. The quantitative estimate of drug-likeness (QED) is 0.900. The number of benzene rings is 1. The summed E-state index contributed by atoms with van der Waals surface area (Å²) in [6.07, 6.45) is 4.66. The molecule has 0 spiro atoms. The van der Waals surface area contributed by atoms with Gasteiger partial charge in [-0.25, -0.2) is 9.48 Å². The van der Waals surface area contributed by atoms with Crippen LogP contribution in [0.25, 0.3) is 11.0 Å². The standard InChI is InChI=1S/C14H17N3O2/c1-9-4-2-5-10(8-9)17-12-7-3-6-11(14(18)19)13(12)15-16-17/h3,6-7,9-10H,2,4-5,8H2,1H3,(H,18,19). The van der Waals surface area contributed by atoms with E-state index in [2.05, 4.69) is 17.2 Å². The molecular formula is C14H17N3O2. The number of rotatable bonds is 2. The van der Waals surface area contributed by atoms with Crippen LogP contribution < -0.4 is 0 Å². The lowest BCUT2D eigenvalue weighted by atomic mass is 9.87. The highest BCUT2D eigenvalue weighted by molar-refractivity contribution is 6.00. The molecule has 0 bridgehead atoms. The fourth-order valence-corrected chi connectivity index (χ4v) is 3.03. The van der Waals surface area contributed by atoms with Crippen LogP contribution in [0.15, 0.2) is 18.2 Å². The molecule has 2 unspecified atom stereocenters. The van der Waals surface area contributed by atoms with Gasteiger partial charge in [-0.15, -0.1) is 5.10 Å². The lowest BCUT2D eigenvalue weighted by Crippen LogP contribution is -2.18. The molecular weight excluding hydrogens is 242 g/mol. The van der Waals surface area contributed by atoms with Gasteiger partial charge in [-0.3, -0.25) is 0 Å². The third-order valence-electron chi connectivity index (χ3n) is 3.99. The zero-order valence-electron chi connectivity index (χ0n) is 10.9. The highest BCUT2D eigenvalue weighted by Gasteiger charge is 2.24. The van der Waals surface area contributed by atoms with Gasteiger partial charge in [0.1, 0.15) is 5.52 Å². The molecule has 1 aliphatic carbocycles. The van der Waals surface area contributed by atoms with Crippen LogP contribution in [0.1, 0.15) is 49.0 Å². The average Bonchev–Trinajstić information content (AvgIpc) is 2.82. The smallest absolute Gasteiger partial charge is 0.338 e. The monoisotopic (exact) mass is 259 g/mol. The second-order valence-electron chi connectivity index (χ2n) is 5.44. The summed E-state index contributed by atoms with van der Waals surface area (Å²) in [5.41, 5.74) is 1.56. The second-order valence-corrected chi connectivity index (χ2v) is 5.44. The van der Waals surface area contributed by atoms with Gasteiger partial charge in [0.2, 0.25) is 0 Å². The summed E-state index contributed by atoms with van der Waals surface area (Å²) in [6, 6.07) is 5.59. The van der Waals surface area contributed by atoms with Crippen molar-refractivity contribution >= 4 is 17.0 Å². The first kappa shape index (κ1) is 12.1. The molecule has 1 aromatic heterocycles. The first-order valence-corrected chi connectivity index (χ1v) is 6.74. The number of hydrogen-bond donors (Lipinski definition) is 1. The predicted molar refractivity (Wildman–Crippen MR) is 71.2 cm³/mol. The van der Waals surface area contributed by atoms with E-state index in [0.717, 1.165) is 18.4 Å². The van der Waals surface area contributed by atoms with Crippen LogP contribution in [0.3, 0.4) is 0 Å². The van der Waals surface area contributed by atoms with Crippen LogP contribution in [-0.2, 0) is 0 Å². The van der Waals surface area contributed by atoms with E-state index >= 15 is 0 Å². The molecule has 1 fully saturated rings. The molecule has 19 heavy (non-hydrogen) atoms. The van der Waals surface area contributed by atoms with Crippen molar-refractivity contribution in [1.29, 1.82) is 0 Å². The van der Waals surface area contributed by atoms with Crippen molar-refractivity contribution in [1.82, 2.24) is 15.0 Å². The lowest BCUT2D eigenvalue weighted by Gasteiger charge is -2.26. The number of carbonyl (C=O) groups is 1. The van der Waals surface area contributed by atoms with Gasteiger partial charge in [-0.2, -0.15) is 0 Å². The highest BCUT2D eigenvalue weighted by atomic mass is 16.4. The molecule has 2 atom stereocenters. The Hall–Kier alpha value is -1.91.